The molecule has 1 aliphatic heterocycles. The third-order valence-electron chi connectivity index (χ3n) is 5.58. The average Bonchev–Trinajstić information content (AvgIpc) is 2.91. The highest BCUT2D eigenvalue weighted by molar-refractivity contribution is 6.08. The molecule has 1 N–H and O–H groups in total. The van der Waals surface area contributed by atoms with E-state index in [1.165, 1.54) is 17.0 Å². The lowest BCUT2D eigenvalue weighted by Gasteiger charge is -2.28. The Morgan fingerprint density at radius 3 is 2.11 bits per heavy atom. The summed E-state index contributed by atoms with van der Waals surface area (Å²) in [5.41, 5.74) is 0.759. The second-order valence-corrected chi connectivity index (χ2v) is 8.13. The number of likely N-dealkylation sites (tertiary alicyclic amines) is 1. The number of nitrogens with one attached hydrogen (secondary N) is 1. The molecule has 1 fully saturated rings. The summed E-state index contributed by atoms with van der Waals surface area (Å²) in [6.45, 7) is 5.72. The largest absolute Gasteiger partial charge is 0.348 e. The van der Waals surface area contributed by atoms with Gasteiger partial charge in [0.25, 0.3) is 0 Å². The van der Waals surface area contributed by atoms with Gasteiger partial charge in [0.1, 0.15) is 11.9 Å². The minimum Gasteiger partial charge on any atom is -0.348 e. The smallest absolute Gasteiger partial charge is 0.243 e. The minimum absolute atomic E-state index is 0.137. The predicted octanol–water partition coefficient (Wildman–Crippen LogP) is 3.37. The summed E-state index contributed by atoms with van der Waals surface area (Å²) < 4.78 is 13.1. The molecule has 1 aromatic carbocycles. The third-order valence-corrected chi connectivity index (χ3v) is 5.58. The maximum absolute atomic E-state index is 13.1. The highest BCUT2D eigenvalue weighted by atomic mass is 19.1. The summed E-state index contributed by atoms with van der Waals surface area (Å²) in [6, 6.07) is 4.73. The quantitative estimate of drug-likeness (QED) is 0.602. The number of benzene rings is 1. The predicted molar refractivity (Wildman–Crippen MR) is 103 cm³/mol. The van der Waals surface area contributed by atoms with Gasteiger partial charge in [-0.05, 0) is 49.8 Å². The monoisotopic (exact) mass is 386 g/mol. The van der Waals surface area contributed by atoms with Crippen molar-refractivity contribution >= 4 is 17.7 Å². The third kappa shape index (κ3) is 4.01. The number of nitrogens with zero attached hydrogens (tertiary/aromatic N) is 1. The summed E-state index contributed by atoms with van der Waals surface area (Å²) >= 11 is 0. The second-order valence-electron chi connectivity index (χ2n) is 8.13. The molecule has 4 unspecified atom stereocenters. The first kappa shape index (κ1) is 20.2. The zero-order valence-electron chi connectivity index (χ0n) is 16.5. The Labute approximate surface area is 165 Å². The summed E-state index contributed by atoms with van der Waals surface area (Å²) in [4.78, 5) is 40.1. The molecule has 1 saturated heterocycles. The lowest BCUT2D eigenvalue weighted by atomic mass is 9.85. The molecule has 0 spiro atoms. The number of rotatable bonds is 6. The fourth-order valence-corrected chi connectivity index (χ4v) is 4.05. The Bertz CT molecular complexity index is 761. The molecule has 5 nitrogen and oxygen atoms in total. The molecule has 0 aromatic heterocycles. The number of carbonyl (C=O) groups excluding carboxylic acids is 3. The van der Waals surface area contributed by atoms with Crippen LogP contribution < -0.4 is 5.32 Å². The van der Waals surface area contributed by atoms with E-state index in [0.717, 1.165) is 5.56 Å². The van der Waals surface area contributed by atoms with E-state index in [-0.39, 0.29) is 47.3 Å². The van der Waals surface area contributed by atoms with E-state index in [4.69, 9.17) is 0 Å². The van der Waals surface area contributed by atoms with E-state index in [2.05, 4.69) is 5.32 Å². The van der Waals surface area contributed by atoms with Gasteiger partial charge in [-0.15, -0.1) is 0 Å². The fraction of sp³-hybridized carbons (Fsp3) is 0.500. The molecule has 4 atom stereocenters. The van der Waals surface area contributed by atoms with Crippen LogP contribution in [0.15, 0.2) is 36.4 Å². The van der Waals surface area contributed by atoms with Crippen molar-refractivity contribution in [2.24, 2.45) is 17.8 Å². The van der Waals surface area contributed by atoms with Crippen LogP contribution in [0.5, 0.6) is 0 Å². The van der Waals surface area contributed by atoms with E-state index in [1.807, 2.05) is 26.0 Å². The molecule has 1 aliphatic carbocycles. The molecule has 6 heteroatoms. The lowest BCUT2D eigenvalue weighted by molar-refractivity contribution is -0.148. The summed E-state index contributed by atoms with van der Waals surface area (Å²) in [6.07, 6.45) is 5.38. The van der Waals surface area contributed by atoms with Gasteiger partial charge in [-0.2, -0.15) is 0 Å². The molecule has 1 heterocycles. The van der Waals surface area contributed by atoms with Crippen molar-refractivity contribution in [3.05, 3.63) is 47.8 Å². The van der Waals surface area contributed by atoms with E-state index < -0.39 is 6.04 Å². The van der Waals surface area contributed by atoms with Gasteiger partial charge in [0, 0.05) is 0 Å². The SMILES string of the molecule is CC(C)CC(C(=O)NC(C)c1ccc(F)cc1)N1C(=O)C2CC=CCC2C1=O. The van der Waals surface area contributed by atoms with Crippen molar-refractivity contribution in [3.8, 4) is 0 Å². The van der Waals surface area contributed by atoms with Crippen LogP contribution in [0.2, 0.25) is 0 Å². The van der Waals surface area contributed by atoms with Crippen molar-refractivity contribution in [3.63, 3.8) is 0 Å². The number of hydrogen-bond donors (Lipinski definition) is 1. The molecule has 2 aliphatic rings. The molecular formula is C22H27FN2O3. The molecule has 1 aromatic rings. The average molecular weight is 386 g/mol. The van der Waals surface area contributed by atoms with Crippen LogP contribution in [0.1, 0.15) is 51.6 Å². The maximum Gasteiger partial charge on any atom is 0.243 e. The van der Waals surface area contributed by atoms with Crippen LogP contribution in [-0.2, 0) is 14.4 Å². The van der Waals surface area contributed by atoms with Gasteiger partial charge in [-0.3, -0.25) is 19.3 Å². The number of imide groups is 1. The Hall–Kier alpha value is -2.50. The van der Waals surface area contributed by atoms with Crippen molar-refractivity contribution in [1.82, 2.24) is 10.2 Å². The Morgan fingerprint density at radius 1 is 1.07 bits per heavy atom. The van der Waals surface area contributed by atoms with Crippen molar-refractivity contribution in [2.75, 3.05) is 0 Å². The number of halogens is 1. The number of allylic oxidation sites excluding steroid dienone is 2. The second kappa shape index (κ2) is 8.25. The van der Waals surface area contributed by atoms with E-state index >= 15 is 0 Å². The number of carbonyl (C=O) groups is 3. The number of hydrogen-bond acceptors (Lipinski definition) is 3. The molecule has 28 heavy (non-hydrogen) atoms. The maximum atomic E-state index is 13.1. The molecule has 0 bridgehead atoms. The van der Waals surface area contributed by atoms with Gasteiger partial charge in [0.05, 0.1) is 17.9 Å². The number of amides is 3. The molecule has 0 radical (unpaired) electrons. The van der Waals surface area contributed by atoms with Crippen LogP contribution >= 0.6 is 0 Å². The van der Waals surface area contributed by atoms with Crippen molar-refractivity contribution in [1.29, 1.82) is 0 Å². The van der Waals surface area contributed by atoms with Crippen LogP contribution in [-0.4, -0.2) is 28.7 Å². The van der Waals surface area contributed by atoms with E-state index in [9.17, 15) is 18.8 Å². The summed E-state index contributed by atoms with van der Waals surface area (Å²) in [5.74, 6) is -1.74. The molecule has 150 valence electrons. The van der Waals surface area contributed by atoms with Gasteiger partial charge in [-0.25, -0.2) is 4.39 Å². The normalized spacial score (nSPS) is 23.7. The Morgan fingerprint density at radius 2 is 1.61 bits per heavy atom. The van der Waals surface area contributed by atoms with Crippen molar-refractivity contribution in [2.45, 2.75) is 52.1 Å². The van der Waals surface area contributed by atoms with Crippen molar-refractivity contribution < 1.29 is 18.8 Å². The highest BCUT2D eigenvalue weighted by Crippen LogP contribution is 2.37. The van der Waals surface area contributed by atoms with Crippen LogP contribution in [0.3, 0.4) is 0 Å². The van der Waals surface area contributed by atoms with Crippen LogP contribution in [0, 0.1) is 23.6 Å². The lowest BCUT2D eigenvalue weighted by Crippen LogP contribution is -2.51. The topological polar surface area (TPSA) is 66.5 Å². The first-order valence-corrected chi connectivity index (χ1v) is 9.87. The van der Waals surface area contributed by atoms with Gasteiger partial charge in [-0.1, -0.05) is 38.1 Å². The molecular weight excluding hydrogens is 359 g/mol. The summed E-state index contributed by atoms with van der Waals surface area (Å²) in [5, 5.41) is 2.90. The van der Waals surface area contributed by atoms with E-state index in [1.54, 1.807) is 19.1 Å². The molecule has 0 saturated carbocycles. The highest BCUT2D eigenvalue weighted by Gasteiger charge is 2.51. The van der Waals surface area contributed by atoms with Gasteiger partial charge >= 0.3 is 0 Å². The Kier molecular flexibility index (Phi) is 5.96. The van der Waals surface area contributed by atoms with Gasteiger partial charge in [0.2, 0.25) is 17.7 Å². The van der Waals surface area contributed by atoms with E-state index in [0.29, 0.717) is 19.3 Å². The minimum atomic E-state index is -0.825. The molecule has 3 rings (SSSR count). The standard InChI is InChI=1S/C22H27FN2O3/c1-13(2)12-19(20(26)24-14(3)15-8-10-16(23)11-9-15)25-21(27)17-6-4-5-7-18(17)22(25)28/h4-5,8-11,13-14,17-19H,6-7,12H2,1-3H3,(H,24,26). The first-order valence-electron chi connectivity index (χ1n) is 9.87. The zero-order valence-corrected chi connectivity index (χ0v) is 16.5. The van der Waals surface area contributed by atoms with Gasteiger partial charge < -0.3 is 5.32 Å². The van der Waals surface area contributed by atoms with Crippen LogP contribution in [0.25, 0.3) is 0 Å². The Balaban J connectivity index is 1.79. The summed E-state index contributed by atoms with van der Waals surface area (Å²) in [7, 11) is 0. The zero-order chi connectivity index (χ0) is 20.4. The van der Waals surface area contributed by atoms with Crippen LogP contribution in [0.4, 0.5) is 4.39 Å². The number of fused-ring (bicyclic) bond motifs is 1. The fourth-order valence-electron chi connectivity index (χ4n) is 4.05. The first-order chi connectivity index (χ1) is 13.3. The van der Waals surface area contributed by atoms with Gasteiger partial charge in [0.15, 0.2) is 0 Å². The molecule has 3 amide bonds.